The molecule has 3 aromatic rings. The van der Waals surface area contributed by atoms with Crippen LogP contribution in [-0.4, -0.2) is 75.8 Å². The van der Waals surface area contributed by atoms with E-state index in [1.54, 1.807) is 4.52 Å². The lowest BCUT2D eigenvalue weighted by molar-refractivity contribution is 0.101. The average molecular weight is 553 g/mol. The summed E-state index contributed by atoms with van der Waals surface area (Å²) in [6.45, 7) is 1.28. The van der Waals surface area contributed by atoms with E-state index < -0.39 is 11.7 Å². The van der Waals surface area contributed by atoms with Crippen molar-refractivity contribution < 1.29 is 18.7 Å². The third kappa shape index (κ3) is 7.23. The number of fused-ring (bicyclic) bond motifs is 1. The van der Waals surface area contributed by atoms with Gasteiger partial charge in [-0.3, -0.25) is 9.78 Å². The number of hydrogen-bond acceptors (Lipinski definition) is 8. The second-order valence-electron chi connectivity index (χ2n) is 11.0. The normalized spacial score (nSPS) is 19.0. The summed E-state index contributed by atoms with van der Waals surface area (Å²) in [4.78, 5) is 35.5. The van der Waals surface area contributed by atoms with Crippen LogP contribution in [0.25, 0.3) is 5.65 Å². The zero-order chi connectivity index (χ0) is 28.1. The summed E-state index contributed by atoms with van der Waals surface area (Å²) in [6.07, 6.45) is 11.0. The summed E-state index contributed by atoms with van der Waals surface area (Å²) in [5, 5.41) is 13.8. The number of nitrogens with one attached hydrogen (secondary N) is 3. The Morgan fingerprint density at radius 3 is 2.62 bits per heavy atom. The van der Waals surface area contributed by atoms with Gasteiger partial charge >= 0.3 is 6.09 Å². The minimum atomic E-state index is -0.614. The van der Waals surface area contributed by atoms with Gasteiger partial charge in [0.1, 0.15) is 5.82 Å². The summed E-state index contributed by atoms with van der Waals surface area (Å²) in [6, 6.07) is 3.70. The van der Waals surface area contributed by atoms with Gasteiger partial charge in [0.25, 0.3) is 5.91 Å². The van der Waals surface area contributed by atoms with Gasteiger partial charge in [-0.2, -0.15) is 0 Å². The van der Waals surface area contributed by atoms with Crippen molar-refractivity contribution in [2.75, 3.05) is 37.9 Å². The first-order valence-electron chi connectivity index (χ1n) is 14.0. The highest BCUT2D eigenvalue weighted by Crippen LogP contribution is 2.34. The smallest absolute Gasteiger partial charge is 0.407 e. The lowest BCUT2D eigenvalue weighted by Gasteiger charge is -2.29. The van der Waals surface area contributed by atoms with E-state index in [2.05, 4.69) is 30.8 Å². The van der Waals surface area contributed by atoms with Crippen molar-refractivity contribution in [2.24, 2.45) is 5.92 Å². The molecule has 0 saturated heterocycles. The van der Waals surface area contributed by atoms with Crippen LogP contribution in [0.2, 0.25) is 0 Å². The molecule has 0 spiro atoms. The minimum Gasteiger partial charge on any atom is -0.450 e. The van der Waals surface area contributed by atoms with E-state index in [1.807, 2.05) is 20.2 Å². The number of carbonyl (C=O) groups excluding carboxylic acids is 2. The Hall–Kier alpha value is -3.80. The topological polar surface area (TPSA) is 126 Å². The Bertz CT molecular complexity index is 1330. The molecule has 12 heteroatoms. The van der Waals surface area contributed by atoms with Crippen molar-refractivity contribution in [3.8, 4) is 0 Å². The number of ether oxygens (including phenoxy) is 1. The van der Waals surface area contributed by atoms with Crippen molar-refractivity contribution in [2.45, 2.75) is 63.5 Å². The summed E-state index contributed by atoms with van der Waals surface area (Å²) in [7, 11) is 3.98. The quantitative estimate of drug-likeness (QED) is 0.306. The van der Waals surface area contributed by atoms with Crippen molar-refractivity contribution in [1.29, 1.82) is 0 Å². The molecule has 40 heavy (non-hydrogen) atoms. The van der Waals surface area contributed by atoms with Crippen molar-refractivity contribution >= 4 is 29.2 Å². The molecule has 2 saturated carbocycles. The molecule has 5 rings (SSSR count). The molecule has 11 nitrogen and oxygen atoms in total. The van der Waals surface area contributed by atoms with Crippen LogP contribution in [0.3, 0.4) is 0 Å². The highest BCUT2D eigenvalue weighted by atomic mass is 19.1. The Labute approximate surface area is 232 Å². The number of amides is 2. The lowest BCUT2D eigenvalue weighted by atomic mass is 9.91. The molecule has 0 bridgehead atoms. The molecule has 0 aliphatic heterocycles. The van der Waals surface area contributed by atoms with Crippen molar-refractivity contribution in [1.82, 2.24) is 29.8 Å². The number of nitrogens with zero attached hydrogens (tertiary/aromatic N) is 5. The number of imidazole rings is 1. The molecule has 0 aromatic carbocycles. The van der Waals surface area contributed by atoms with Gasteiger partial charge in [0.2, 0.25) is 0 Å². The Kier molecular flexibility index (Phi) is 8.73. The predicted molar refractivity (Wildman–Crippen MR) is 149 cm³/mol. The fraction of sp³-hybridized carbons (Fsp3) is 0.536. The molecule has 214 valence electrons. The Morgan fingerprint density at radius 1 is 1.12 bits per heavy atom. The zero-order valence-electron chi connectivity index (χ0n) is 23.0. The van der Waals surface area contributed by atoms with Crippen LogP contribution in [0, 0.1) is 11.7 Å². The third-order valence-electron chi connectivity index (χ3n) is 7.39. The molecule has 0 atom stereocenters. The molecule has 3 N–H and O–H groups in total. The molecule has 0 radical (unpaired) electrons. The standard InChI is InChI=1S/C28H37FN8O3/c1-36(2)12-3-13-40-28(39)33-21-8-6-20(7-9-21)32-25-15-19(14-18-4-5-18)26-31-17-24(37(26)35-25)27(38)34-23-10-11-30-16-22(23)29/h10-11,15-18,20-21H,3-9,12-14H2,1-2H3,(H,32,35)(H,33,39)(H,30,34,38). The van der Waals surface area contributed by atoms with Gasteiger partial charge < -0.3 is 25.6 Å². The molecular weight excluding hydrogens is 515 g/mol. The fourth-order valence-corrected chi connectivity index (χ4v) is 5.05. The van der Waals surface area contributed by atoms with Crippen molar-refractivity contribution in [3.63, 3.8) is 0 Å². The van der Waals surface area contributed by atoms with Gasteiger partial charge in [0.15, 0.2) is 17.2 Å². The van der Waals surface area contributed by atoms with Gasteiger partial charge in [0.05, 0.1) is 24.7 Å². The van der Waals surface area contributed by atoms with E-state index in [1.165, 1.54) is 31.3 Å². The summed E-state index contributed by atoms with van der Waals surface area (Å²) < 4.78 is 20.9. The molecular formula is C28H37FN8O3. The van der Waals surface area contributed by atoms with Gasteiger partial charge in [-0.25, -0.2) is 18.7 Å². The highest BCUT2D eigenvalue weighted by Gasteiger charge is 2.27. The van der Waals surface area contributed by atoms with Crippen LogP contribution >= 0.6 is 0 Å². The zero-order valence-corrected chi connectivity index (χ0v) is 23.0. The van der Waals surface area contributed by atoms with E-state index in [0.717, 1.165) is 56.8 Å². The molecule has 2 fully saturated rings. The van der Waals surface area contributed by atoms with Gasteiger partial charge in [-0.05, 0) is 83.5 Å². The number of alkyl carbamates (subject to hydrolysis) is 1. The summed E-state index contributed by atoms with van der Waals surface area (Å²) in [5.41, 5.74) is 1.94. The van der Waals surface area contributed by atoms with Crippen LogP contribution in [0.5, 0.6) is 0 Å². The first-order valence-corrected chi connectivity index (χ1v) is 14.0. The molecule has 2 amide bonds. The van der Waals surface area contributed by atoms with Crippen LogP contribution < -0.4 is 16.0 Å². The Balaban J connectivity index is 1.22. The number of anilines is 2. The Morgan fingerprint density at radius 2 is 1.90 bits per heavy atom. The fourth-order valence-electron chi connectivity index (χ4n) is 5.05. The maximum absolute atomic E-state index is 14.1. The van der Waals surface area contributed by atoms with E-state index in [4.69, 9.17) is 9.84 Å². The molecule has 3 aromatic heterocycles. The van der Waals surface area contributed by atoms with Crippen LogP contribution in [0.4, 0.5) is 20.7 Å². The molecule has 2 aliphatic carbocycles. The lowest BCUT2D eigenvalue weighted by Crippen LogP contribution is -2.40. The van der Waals surface area contributed by atoms with Crippen LogP contribution in [0.1, 0.15) is 61.0 Å². The molecule has 2 aliphatic rings. The first kappa shape index (κ1) is 27.8. The van der Waals surface area contributed by atoms with E-state index >= 15 is 0 Å². The van der Waals surface area contributed by atoms with Crippen LogP contribution in [-0.2, 0) is 11.2 Å². The summed E-state index contributed by atoms with van der Waals surface area (Å²) in [5.74, 6) is 0.169. The van der Waals surface area contributed by atoms with Gasteiger partial charge in [-0.1, -0.05) is 0 Å². The highest BCUT2D eigenvalue weighted by molar-refractivity contribution is 6.03. The number of aromatic nitrogens is 4. The van der Waals surface area contributed by atoms with Gasteiger partial charge in [-0.15, -0.1) is 5.10 Å². The number of rotatable bonds is 11. The number of hydrogen-bond donors (Lipinski definition) is 3. The average Bonchev–Trinajstić information content (AvgIpc) is 3.64. The maximum Gasteiger partial charge on any atom is 0.407 e. The SMILES string of the molecule is CN(C)CCCOC(=O)NC1CCC(Nc2cc(CC3CC3)c3ncc(C(=O)Nc4ccncc4F)n3n2)CC1. The number of halogens is 1. The van der Waals surface area contributed by atoms with Crippen molar-refractivity contribution in [3.05, 3.63) is 47.8 Å². The minimum absolute atomic E-state index is 0.0465. The predicted octanol–water partition coefficient (Wildman–Crippen LogP) is 3.87. The second kappa shape index (κ2) is 12.6. The number of pyridine rings is 1. The van der Waals surface area contributed by atoms with E-state index in [-0.39, 0.29) is 29.6 Å². The second-order valence-corrected chi connectivity index (χ2v) is 11.0. The third-order valence-corrected chi connectivity index (χ3v) is 7.39. The monoisotopic (exact) mass is 552 g/mol. The largest absolute Gasteiger partial charge is 0.450 e. The van der Waals surface area contributed by atoms with Gasteiger partial charge in [0, 0.05) is 30.4 Å². The number of carbonyl (C=O) groups is 2. The van der Waals surface area contributed by atoms with Crippen LogP contribution in [0.15, 0.2) is 30.7 Å². The first-order chi connectivity index (χ1) is 19.4. The van der Waals surface area contributed by atoms with E-state index in [0.29, 0.717) is 24.0 Å². The van der Waals surface area contributed by atoms with E-state index in [9.17, 15) is 14.0 Å². The maximum atomic E-state index is 14.1. The molecule has 0 unspecified atom stereocenters. The summed E-state index contributed by atoms with van der Waals surface area (Å²) >= 11 is 0. The molecule has 3 heterocycles.